The van der Waals surface area contributed by atoms with E-state index in [1.54, 1.807) is 24.3 Å². The molecule has 0 radical (unpaired) electrons. The zero-order valence-corrected chi connectivity index (χ0v) is 13.0. The summed E-state index contributed by atoms with van der Waals surface area (Å²) in [6.07, 6.45) is 0. The second-order valence-electron chi connectivity index (χ2n) is 4.54. The van der Waals surface area contributed by atoms with E-state index < -0.39 is 10.0 Å². The third kappa shape index (κ3) is 3.98. The first-order valence-electron chi connectivity index (χ1n) is 6.45. The van der Waals surface area contributed by atoms with Gasteiger partial charge in [0.25, 0.3) is 10.0 Å². The molecule has 0 saturated heterocycles. The number of ether oxygens (including phenoxy) is 1. The van der Waals surface area contributed by atoms with E-state index in [4.69, 9.17) is 4.74 Å². The van der Waals surface area contributed by atoms with E-state index in [1.165, 1.54) is 38.3 Å². The fourth-order valence-corrected chi connectivity index (χ4v) is 2.85. The number of carbonyl (C=O) groups is 1. The van der Waals surface area contributed by atoms with Crippen LogP contribution in [0.4, 0.5) is 11.4 Å². The Balaban J connectivity index is 2.16. The monoisotopic (exact) mass is 320 g/mol. The molecule has 2 aromatic carbocycles. The number of rotatable bonds is 5. The second kappa shape index (κ2) is 6.48. The molecule has 0 unspecified atom stereocenters. The van der Waals surface area contributed by atoms with Crippen molar-refractivity contribution in [2.75, 3.05) is 17.1 Å². The minimum absolute atomic E-state index is 0.109. The summed E-state index contributed by atoms with van der Waals surface area (Å²) < 4.78 is 32.0. The van der Waals surface area contributed by atoms with E-state index in [0.29, 0.717) is 17.1 Å². The Hall–Kier alpha value is -2.54. The number of nitrogens with one attached hydrogen (secondary N) is 2. The predicted molar refractivity (Wildman–Crippen MR) is 84.5 cm³/mol. The average molecular weight is 320 g/mol. The molecule has 0 spiro atoms. The molecule has 22 heavy (non-hydrogen) atoms. The van der Waals surface area contributed by atoms with Gasteiger partial charge in [-0.2, -0.15) is 0 Å². The number of hydrogen-bond donors (Lipinski definition) is 2. The van der Waals surface area contributed by atoms with Crippen LogP contribution in [-0.2, 0) is 14.8 Å². The smallest absolute Gasteiger partial charge is 0.261 e. The van der Waals surface area contributed by atoms with Gasteiger partial charge in [0.2, 0.25) is 5.91 Å². The van der Waals surface area contributed by atoms with Gasteiger partial charge in [-0.3, -0.25) is 9.52 Å². The first-order valence-corrected chi connectivity index (χ1v) is 7.93. The fourth-order valence-electron chi connectivity index (χ4n) is 1.79. The molecule has 2 N–H and O–H groups in total. The van der Waals surface area contributed by atoms with Crippen molar-refractivity contribution in [1.82, 2.24) is 0 Å². The molecule has 2 aromatic rings. The van der Waals surface area contributed by atoms with Crippen LogP contribution in [0.15, 0.2) is 53.4 Å². The standard InChI is InChI=1S/C15H16N2O4S/c1-11(18)16-12-5-9-15(10-6-12)22(19,20)17-13-3-7-14(21-2)8-4-13/h3-10,17H,1-2H3,(H,16,18). The molecule has 2 rings (SSSR count). The Morgan fingerprint density at radius 3 is 2.00 bits per heavy atom. The van der Waals surface area contributed by atoms with Crippen LogP contribution in [-0.4, -0.2) is 21.4 Å². The van der Waals surface area contributed by atoms with Crippen molar-refractivity contribution in [2.45, 2.75) is 11.8 Å². The van der Waals surface area contributed by atoms with Crippen LogP contribution in [0.25, 0.3) is 0 Å². The Morgan fingerprint density at radius 1 is 0.955 bits per heavy atom. The lowest BCUT2D eigenvalue weighted by Crippen LogP contribution is -2.13. The quantitative estimate of drug-likeness (QED) is 0.886. The highest BCUT2D eigenvalue weighted by Crippen LogP contribution is 2.20. The van der Waals surface area contributed by atoms with Gasteiger partial charge in [0, 0.05) is 18.3 Å². The van der Waals surface area contributed by atoms with E-state index in [2.05, 4.69) is 10.0 Å². The summed E-state index contributed by atoms with van der Waals surface area (Å²) in [6, 6.07) is 12.5. The molecular weight excluding hydrogens is 304 g/mol. The summed E-state index contributed by atoms with van der Waals surface area (Å²) in [5.74, 6) is 0.426. The van der Waals surface area contributed by atoms with Gasteiger partial charge in [0.15, 0.2) is 0 Å². The van der Waals surface area contributed by atoms with Crippen LogP contribution in [0.3, 0.4) is 0 Å². The van der Waals surface area contributed by atoms with Crippen molar-refractivity contribution in [3.8, 4) is 5.75 Å². The molecule has 0 atom stereocenters. The molecule has 0 aliphatic rings. The van der Waals surface area contributed by atoms with Crippen LogP contribution < -0.4 is 14.8 Å². The van der Waals surface area contributed by atoms with Gasteiger partial charge in [-0.25, -0.2) is 8.42 Å². The van der Waals surface area contributed by atoms with Crippen molar-refractivity contribution in [3.63, 3.8) is 0 Å². The summed E-state index contributed by atoms with van der Waals surface area (Å²) in [7, 11) is -2.14. The van der Waals surface area contributed by atoms with Gasteiger partial charge in [-0.1, -0.05) is 0 Å². The topological polar surface area (TPSA) is 84.5 Å². The lowest BCUT2D eigenvalue weighted by Gasteiger charge is -2.09. The van der Waals surface area contributed by atoms with Crippen LogP contribution in [0.1, 0.15) is 6.92 Å². The highest BCUT2D eigenvalue weighted by atomic mass is 32.2. The zero-order valence-electron chi connectivity index (χ0n) is 12.2. The van der Waals surface area contributed by atoms with Crippen LogP contribution in [0.2, 0.25) is 0 Å². The van der Waals surface area contributed by atoms with Crippen LogP contribution in [0.5, 0.6) is 5.75 Å². The van der Waals surface area contributed by atoms with Crippen LogP contribution >= 0.6 is 0 Å². The first kappa shape index (κ1) is 15.8. The minimum Gasteiger partial charge on any atom is -0.497 e. The van der Waals surface area contributed by atoms with E-state index in [9.17, 15) is 13.2 Å². The summed E-state index contributed by atoms with van der Waals surface area (Å²) >= 11 is 0. The summed E-state index contributed by atoms with van der Waals surface area (Å²) in [4.78, 5) is 11.0. The van der Waals surface area contributed by atoms with E-state index in [-0.39, 0.29) is 10.8 Å². The third-order valence-corrected chi connectivity index (χ3v) is 4.22. The maximum atomic E-state index is 12.3. The SMILES string of the molecule is COc1ccc(NS(=O)(=O)c2ccc(NC(C)=O)cc2)cc1. The van der Waals surface area contributed by atoms with E-state index in [1.807, 2.05) is 0 Å². The maximum Gasteiger partial charge on any atom is 0.261 e. The molecule has 0 aliphatic carbocycles. The molecule has 0 aliphatic heterocycles. The predicted octanol–water partition coefficient (Wildman–Crippen LogP) is 2.45. The first-order chi connectivity index (χ1) is 10.4. The van der Waals surface area contributed by atoms with Crippen molar-refractivity contribution >= 4 is 27.3 Å². The van der Waals surface area contributed by atoms with Crippen molar-refractivity contribution in [1.29, 1.82) is 0 Å². The molecule has 116 valence electrons. The fraction of sp³-hybridized carbons (Fsp3) is 0.133. The van der Waals surface area contributed by atoms with Gasteiger partial charge in [-0.15, -0.1) is 0 Å². The normalized spacial score (nSPS) is 10.8. The van der Waals surface area contributed by atoms with Crippen molar-refractivity contribution in [2.24, 2.45) is 0 Å². The molecule has 0 saturated carbocycles. The summed E-state index contributed by atoms with van der Waals surface area (Å²) in [5, 5.41) is 2.58. The third-order valence-electron chi connectivity index (χ3n) is 2.83. The van der Waals surface area contributed by atoms with Gasteiger partial charge in [0.05, 0.1) is 12.0 Å². The Bertz CT molecular complexity index is 753. The average Bonchev–Trinajstić information content (AvgIpc) is 2.47. The molecule has 0 bridgehead atoms. The Morgan fingerprint density at radius 2 is 1.50 bits per heavy atom. The number of sulfonamides is 1. The molecular formula is C15H16N2O4S. The Kier molecular flexibility index (Phi) is 4.67. The molecule has 0 fully saturated rings. The van der Waals surface area contributed by atoms with Gasteiger partial charge in [0.1, 0.15) is 5.75 Å². The lowest BCUT2D eigenvalue weighted by molar-refractivity contribution is -0.114. The summed E-state index contributed by atoms with van der Waals surface area (Å²) in [5.41, 5.74) is 0.975. The number of benzene rings is 2. The Labute approximate surface area is 129 Å². The number of amides is 1. The zero-order chi connectivity index (χ0) is 16.2. The lowest BCUT2D eigenvalue weighted by atomic mass is 10.3. The number of anilines is 2. The van der Waals surface area contributed by atoms with E-state index >= 15 is 0 Å². The van der Waals surface area contributed by atoms with Crippen molar-refractivity contribution in [3.05, 3.63) is 48.5 Å². The molecule has 0 heterocycles. The van der Waals surface area contributed by atoms with Crippen LogP contribution in [0, 0.1) is 0 Å². The second-order valence-corrected chi connectivity index (χ2v) is 6.22. The molecule has 1 amide bonds. The van der Waals surface area contributed by atoms with Crippen molar-refractivity contribution < 1.29 is 17.9 Å². The van der Waals surface area contributed by atoms with Gasteiger partial charge < -0.3 is 10.1 Å². The summed E-state index contributed by atoms with van der Waals surface area (Å²) in [6.45, 7) is 1.38. The molecule has 0 aromatic heterocycles. The van der Waals surface area contributed by atoms with Gasteiger partial charge >= 0.3 is 0 Å². The van der Waals surface area contributed by atoms with E-state index in [0.717, 1.165) is 0 Å². The minimum atomic E-state index is -3.68. The molecule has 7 heteroatoms. The maximum absolute atomic E-state index is 12.3. The molecule has 6 nitrogen and oxygen atoms in total. The largest absolute Gasteiger partial charge is 0.497 e. The highest BCUT2D eigenvalue weighted by Gasteiger charge is 2.14. The number of methoxy groups -OCH3 is 1. The highest BCUT2D eigenvalue weighted by molar-refractivity contribution is 7.92. The van der Waals surface area contributed by atoms with Gasteiger partial charge in [-0.05, 0) is 48.5 Å². The number of carbonyl (C=O) groups excluding carboxylic acids is 1. The number of hydrogen-bond acceptors (Lipinski definition) is 4.